The first-order valence-electron chi connectivity index (χ1n) is 11.5. The van der Waals surface area contributed by atoms with Crippen LogP contribution in [0.15, 0.2) is 36.5 Å². The van der Waals surface area contributed by atoms with E-state index < -0.39 is 23.8 Å². The maximum Gasteiger partial charge on any atom is 0.573 e. The molecule has 0 radical (unpaired) electrons. The van der Waals surface area contributed by atoms with Gasteiger partial charge in [0.25, 0.3) is 5.91 Å². The van der Waals surface area contributed by atoms with Gasteiger partial charge >= 0.3 is 6.36 Å². The van der Waals surface area contributed by atoms with Crippen molar-refractivity contribution in [3.05, 3.63) is 64.9 Å². The highest BCUT2D eigenvalue weighted by atomic mass is 35.5. The Morgan fingerprint density at radius 3 is 2.41 bits per heavy atom. The van der Waals surface area contributed by atoms with Crippen molar-refractivity contribution >= 4 is 29.2 Å². The van der Waals surface area contributed by atoms with Gasteiger partial charge in [0.05, 0.1) is 23.1 Å². The Morgan fingerprint density at radius 1 is 1.11 bits per heavy atom. The highest BCUT2D eigenvalue weighted by Gasteiger charge is 2.34. The maximum atomic E-state index is 14.9. The molecule has 1 aliphatic rings. The van der Waals surface area contributed by atoms with Crippen LogP contribution in [-0.4, -0.2) is 48.5 Å². The van der Waals surface area contributed by atoms with Gasteiger partial charge in [-0.05, 0) is 48.1 Å². The third kappa shape index (κ3) is 6.16. The number of halogens is 6. The number of ether oxygens (including phenoxy) is 2. The molecule has 3 aromatic rings. The lowest BCUT2D eigenvalue weighted by molar-refractivity contribution is -0.274. The zero-order valence-corrected chi connectivity index (χ0v) is 20.8. The molecule has 1 fully saturated rings. The summed E-state index contributed by atoms with van der Waals surface area (Å²) in [5.41, 5.74) is 6.78. The third-order valence-corrected chi connectivity index (χ3v) is 6.44. The first-order valence-corrected chi connectivity index (χ1v) is 11.5. The number of likely N-dealkylation sites (tertiary alicyclic amines) is 1. The number of aromatic nitrogens is 1. The number of hydrogen-bond donors (Lipinski definition) is 1. The van der Waals surface area contributed by atoms with Crippen molar-refractivity contribution < 1.29 is 36.2 Å². The second-order valence-electron chi connectivity index (χ2n) is 8.67. The van der Waals surface area contributed by atoms with Crippen LogP contribution in [0.1, 0.15) is 40.2 Å². The van der Waals surface area contributed by atoms with Crippen LogP contribution in [0.5, 0.6) is 5.75 Å². The van der Waals surface area contributed by atoms with Crippen LogP contribution in [0.25, 0.3) is 10.9 Å². The molecule has 0 atom stereocenters. The average molecular weight is 548 g/mol. The van der Waals surface area contributed by atoms with Crippen molar-refractivity contribution in [1.82, 2.24) is 9.47 Å². The normalized spacial score (nSPS) is 14.6. The molecule has 0 saturated carbocycles. The van der Waals surface area contributed by atoms with E-state index in [1.807, 2.05) is 0 Å². The SMILES string of the molecule is COCCn1cc(C(=O)N2CCC(c3cc(CN)ccc3F)CC2)c2c(F)ccc(OC(F)(F)F)c21.Cl. The van der Waals surface area contributed by atoms with Crippen LogP contribution in [-0.2, 0) is 17.8 Å². The summed E-state index contributed by atoms with van der Waals surface area (Å²) in [6.07, 6.45) is -2.72. The summed E-state index contributed by atoms with van der Waals surface area (Å²) in [5.74, 6) is -2.42. The molecule has 2 aromatic carbocycles. The molecule has 2 heterocycles. The van der Waals surface area contributed by atoms with Crippen molar-refractivity contribution in [2.45, 2.75) is 38.2 Å². The van der Waals surface area contributed by atoms with E-state index in [2.05, 4.69) is 4.74 Å². The molecule has 202 valence electrons. The summed E-state index contributed by atoms with van der Waals surface area (Å²) in [6.45, 7) is 1.04. The number of piperidine rings is 1. The van der Waals surface area contributed by atoms with Gasteiger partial charge in [0, 0.05) is 39.5 Å². The smallest absolute Gasteiger partial charge is 0.404 e. The van der Waals surface area contributed by atoms with E-state index in [4.69, 9.17) is 10.5 Å². The second-order valence-corrected chi connectivity index (χ2v) is 8.67. The largest absolute Gasteiger partial charge is 0.573 e. The highest BCUT2D eigenvalue weighted by molar-refractivity contribution is 6.08. The van der Waals surface area contributed by atoms with Gasteiger partial charge in [-0.2, -0.15) is 0 Å². The molecule has 1 saturated heterocycles. The number of amides is 1. The molecule has 1 amide bonds. The van der Waals surface area contributed by atoms with Crippen LogP contribution in [0, 0.1) is 11.6 Å². The highest BCUT2D eigenvalue weighted by Crippen LogP contribution is 2.37. The lowest BCUT2D eigenvalue weighted by Crippen LogP contribution is -2.38. The molecule has 4 rings (SSSR count). The summed E-state index contributed by atoms with van der Waals surface area (Å²) in [4.78, 5) is 14.9. The molecule has 1 aromatic heterocycles. The number of methoxy groups -OCH3 is 1. The number of alkyl halides is 3. The van der Waals surface area contributed by atoms with Gasteiger partial charge in [0.15, 0.2) is 5.75 Å². The molecule has 2 N–H and O–H groups in total. The number of carbonyl (C=O) groups is 1. The van der Waals surface area contributed by atoms with Crippen LogP contribution in [0.3, 0.4) is 0 Å². The summed E-state index contributed by atoms with van der Waals surface area (Å²) >= 11 is 0. The Bertz CT molecular complexity index is 1260. The van der Waals surface area contributed by atoms with E-state index in [1.165, 1.54) is 28.8 Å². The van der Waals surface area contributed by atoms with E-state index in [0.717, 1.165) is 17.7 Å². The van der Waals surface area contributed by atoms with Gasteiger partial charge in [-0.1, -0.05) is 12.1 Å². The quantitative estimate of drug-likeness (QED) is 0.404. The van der Waals surface area contributed by atoms with E-state index >= 15 is 0 Å². The van der Waals surface area contributed by atoms with Gasteiger partial charge < -0.3 is 24.7 Å². The van der Waals surface area contributed by atoms with Gasteiger partial charge in [0.2, 0.25) is 0 Å². The minimum absolute atomic E-state index is 0. The van der Waals surface area contributed by atoms with Gasteiger partial charge in [-0.3, -0.25) is 4.79 Å². The maximum absolute atomic E-state index is 14.9. The lowest BCUT2D eigenvalue weighted by atomic mass is 9.88. The molecular formula is C25H27ClF5N3O3. The van der Waals surface area contributed by atoms with E-state index in [0.29, 0.717) is 18.4 Å². The number of nitrogens with two attached hydrogens (primary N) is 1. The third-order valence-electron chi connectivity index (χ3n) is 6.44. The number of hydrogen-bond acceptors (Lipinski definition) is 4. The van der Waals surface area contributed by atoms with Crippen LogP contribution >= 0.6 is 12.4 Å². The lowest BCUT2D eigenvalue weighted by Gasteiger charge is -2.32. The fourth-order valence-corrected chi connectivity index (χ4v) is 4.71. The Morgan fingerprint density at radius 2 is 1.78 bits per heavy atom. The predicted molar refractivity (Wildman–Crippen MR) is 130 cm³/mol. The Labute approximate surface area is 216 Å². The number of fused-ring (bicyclic) bond motifs is 1. The number of carbonyl (C=O) groups excluding carboxylic acids is 1. The summed E-state index contributed by atoms with van der Waals surface area (Å²) in [5, 5.41) is -0.248. The molecule has 37 heavy (non-hydrogen) atoms. The van der Waals surface area contributed by atoms with Crippen molar-refractivity contribution in [3.8, 4) is 5.75 Å². The Kier molecular flexibility index (Phi) is 9.04. The first kappa shape index (κ1) is 28.7. The minimum atomic E-state index is -5.00. The number of nitrogens with zero attached hydrogens (tertiary/aromatic N) is 2. The minimum Gasteiger partial charge on any atom is -0.404 e. The average Bonchev–Trinajstić information content (AvgIpc) is 3.24. The predicted octanol–water partition coefficient (Wildman–Crippen LogP) is 5.36. The molecule has 12 heteroatoms. The zero-order chi connectivity index (χ0) is 26.0. The fourth-order valence-electron chi connectivity index (χ4n) is 4.71. The summed E-state index contributed by atoms with van der Waals surface area (Å²) in [6, 6.07) is 6.48. The molecule has 0 aliphatic carbocycles. The molecule has 0 bridgehead atoms. The Hall–Kier alpha value is -2.89. The van der Waals surface area contributed by atoms with Crippen molar-refractivity contribution in [1.29, 1.82) is 0 Å². The molecule has 6 nitrogen and oxygen atoms in total. The van der Waals surface area contributed by atoms with Crippen LogP contribution in [0.4, 0.5) is 22.0 Å². The second kappa shape index (κ2) is 11.7. The van der Waals surface area contributed by atoms with E-state index in [1.54, 1.807) is 12.1 Å². The standard InChI is InChI=1S/C25H26F5N3O3.ClH/c1-35-11-10-33-14-18(22-20(27)4-5-21(23(22)33)36-25(28,29)30)24(34)32-8-6-16(7-9-32)17-12-15(13-31)2-3-19(17)26;/h2-5,12,14,16H,6-11,13,31H2,1H3;1H. The van der Waals surface area contributed by atoms with Crippen molar-refractivity contribution in [2.24, 2.45) is 5.73 Å². The molecular weight excluding hydrogens is 521 g/mol. The molecule has 0 unspecified atom stereocenters. The molecule has 1 aliphatic heterocycles. The fraction of sp³-hybridized carbons (Fsp3) is 0.400. The number of rotatable bonds is 7. The van der Waals surface area contributed by atoms with Gasteiger partial charge in [0.1, 0.15) is 11.6 Å². The summed E-state index contributed by atoms with van der Waals surface area (Å²) in [7, 11) is 1.42. The van der Waals surface area contributed by atoms with Gasteiger partial charge in [-0.15, -0.1) is 25.6 Å². The zero-order valence-electron chi connectivity index (χ0n) is 20.0. The first-order chi connectivity index (χ1) is 17.1. The monoisotopic (exact) mass is 547 g/mol. The number of benzene rings is 2. The van der Waals surface area contributed by atoms with Gasteiger partial charge in [-0.25, -0.2) is 8.78 Å². The summed E-state index contributed by atoms with van der Waals surface area (Å²) < 4.78 is 78.8. The van der Waals surface area contributed by atoms with Crippen LogP contribution < -0.4 is 10.5 Å². The van der Waals surface area contributed by atoms with Crippen molar-refractivity contribution in [2.75, 3.05) is 26.8 Å². The van der Waals surface area contributed by atoms with Crippen molar-refractivity contribution in [3.63, 3.8) is 0 Å². The van der Waals surface area contributed by atoms with Crippen LogP contribution in [0.2, 0.25) is 0 Å². The Balaban J connectivity index is 0.00000380. The molecule has 0 spiro atoms. The topological polar surface area (TPSA) is 69.7 Å². The van der Waals surface area contributed by atoms with E-state index in [-0.39, 0.29) is 73.4 Å². The van der Waals surface area contributed by atoms with E-state index in [9.17, 15) is 26.7 Å².